The van der Waals surface area contributed by atoms with Gasteiger partial charge in [-0.2, -0.15) is 0 Å². The third-order valence-electron chi connectivity index (χ3n) is 4.57. The molecule has 0 saturated heterocycles. The average Bonchev–Trinajstić information content (AvgIpc) is 2.68. The van der Waals surface area contributed by atoms with E-state index in [1.807, 2.05) is 39.0 Å². The Labute approximate surface area is 170 Å². The SMILES string of the molecule is Cc1cc(C)c(NC(=O)C(C)OC(=O)/C=C/c2ccc3c(c2)OCCO3)c(C)c1. The molecule has 0 aliphatic carbocycles. The minimum absolute atomic E-state index is 0.374. The topological polar surface area (TPSA) is 73.9 Å². The second-order valence-electron chi connectivity index (χ2n) is 7.08. The molecule has 152 valence electrons. The maximum Gasteiger partial charge on any atom is 0.331 e. The van der Waals surface area contributed by atoms with E-state index < -0.39 is 12.1 Å². The van der Waals surface area contributed by atoms with Gasteiger partial charge in [0.15, 0.2) is 17.6 Å². The zero-order valence-electron chi connectivity index (χ0n) is 17.1. The molecule has 29 heavy (non-hydrogen) atoms. The summed E-state index contributed by atoms with van der Waals surface area (Å²) in [5.74, 6) is 0.354. The molecule has 0 aromatic heterocycles. The van der Waals surface area contributed by atoms with Crippen molar-refractivity contribution in [1.82, 2.24) is 0 Å². The van der Waals surface area contributed by atoms with Gasteiger partial charge in [0, 0.05) is 11.8 Å². The second-order valence-corrected chi connectivity index (χ2v) is 7.08. The van der Waals surface area contributed by atoms with Crippen LogP contribution in [0.1, 0.15) is 29.2 Å². The van der Waals surface area contributed by atoms with Crippen molar-refractivity contribution in [1.29, 1.82) is 0 Å². The number of benzene rings is 2. The molecule has 6 nitrogen and oxygen atoms in total. The van der Waals surface area contributed by atoms with Crippen LogP contribution in [-0.2, 0) is 14.3 Å². The van der Waals surface area contributed by atoms with Gasteiger partial charge in [-0.05, 0) is 62.6 Å². The number of amides is 1. The lowest BCUT2D eigenvalue weighted by atomic mass is 10.0. The lowest BCUT2D eigenvalue weighted by Crippen LogP contribution is -2.30. The lowest BCUT2D eigenvalue weighted by Gasteiger charge is -2.18. The molecule has 1 N–H and O–H groups in total. The van der Waals surface area contributed by atoms with E-state index in [0.29, 0.717) is 24.7 Å². The molecule has 1 amide bonds. The molecule has 2 aromatic carbocycles. The number of aryl methyl sites for hydroxylation is 3. The number of hydrogen-bond acceptors (Lipinski definition) is 5. The summed E-state index contributed by atoms with van der Waals surface area (Å²) in [6.45, 7) is 8.43. The van der Waals surface area contributed by atoms with Crippen LogP contribution in [0, 0.1) is 20.8 Å². The first-order valence-corrected chi connectivity index (χ1v) is 9.50. The summed E-state index contributed by atoms with van der Waals surface area (Å²) in [4.78, 5) is 24.5. The maximum atomic E-state index is 12.4. The van der Waals surface area contributed by atoms with Gasteiger partial charge < -0.3 is 19.5 Å². The van der Waals surface area contributed by atoms with Crippen molar-refractivity contribution in [3.63, 3.8) is 0 Å². The van der Waals surface area contributed by atoms with E-state index in [-0.39, 0.29) is 5.91 Å². The molecule has 0 spiro atoms. The van der Waals surface area contributed by atoms with Crippen LogP contribution in [0.15, 0.2) is 36.4 Å². The molecular formula is C23H25NO5. The van der Waals surface area contributed by atoms with Gasteiger partial charge in [-0.25, -0.2) is 4.79 Å². The Morgan fingerprint density at radius 1 is 1.03 bits per heavy atom. The molecule has 0 radical (unpaired) electrons. The first kappa shape index (κ1) is 20.5. The lowest BCUT2D eigenvalue weighted by molar-refractivity contribution is -0.148. The summed E-state index contributed by atoms with van der Waals surface area (Å²) < 4.78 is 16.2. The number of esters is 1. The van der Waals surface area contributed by atoms with E-state index in [4.69, 9.17) is 14.2 Å². The fourth-order valence-corrected chi connectivity index (χ4v) is 3.20. The highest BCUT2D eigenvalue weighted by atomic mass is 16.6. The van der Waals surface area contributed by atoms with Gasteiger partial charge in [-0.15, -0.1) is 0 Å². The predicted molar refractivity (Wildman–Crippen MR) is 111 cm³/mol. The van der Waals surface area contributed by atoms with Crippen LogP contribution < -0.4 is 14.8 Å². The van der Waals surface area contributed by atoms with Gasteiger partial charge in [0.25, 0.3) is 5.91 Å². The van der Waals surface area contributed by atoms with Crippen LogP contribution in [0.25, 0.3) is 6.08 Å². The number of nitrogens with one attached hydrogen (secondary N) is 1. The minimum Gasteiger partial charge on any atom is -0.486 e. The van der Waals surface area contributed by atoms with Crippen molar-refractivity contribution in [2.45, 2.75) is 33.8 Å². The Hall–Kier alpha value is -3.28. The molecule has 1 atom stereocenters. The molecule has 0 fully saturated rings. The van der Waals surface area contributed by atoms with Crippen molar-refractivity contribution < 1.29 is 23.8 Å². The fourth-order valence-electron chi connectivity index (χ4n) is 3.20. The summed E-state index contributed by atoms with van der Waals surface area (Å²) >= 11 is 0. The van der Waals surface area contributed by atoms with Crippen molar-refractivity contribution in [2.24, 2.45) is 0 Å². The Morgan fingerprint density at radius 3 is 2.38 bits per heavy atom. The summed E-state index contributed by atoms with van der Waals surface area (Å²) in [6, 6.07) is 9.39. The Bertz CT molecular complexity index is 941. The minimum atomic E-state index is -0.924. The van der Waals surface area contributed by atoms with E-state index in [2.05, 4.69) is 5.32 Å². The number of ether oxygens (including phenoxy) is 3. The zero-order chi connectivity index (χ0) is 21.0. The standard InChI is InChI=1S/C23H25NO5/c1-14-11-15(2)22(16(3)12-14)24-23(26)17(4)29-21(25)8-6-18-5-7-19-20(13-18)28-10-9-27-19/h5-8,11-13,17H,9-10H2,1-4H3,(H,24,26)/b8-6+. The number of anilines is 1. The smallest absolute Gasteiger partial charge is 0.331 e. The Kier molecular flexibility index (Phi) is 6.22. The normalized spacial score (nSPS) is 13.8. The largest absolute Gasteiger partial charge is 0.486 e. The highest BCUT2D eigenvalue weighted by Gasteiger charge is 2.18. The van der Waals surface area contributed by atoms with Gasteiger partial charge in [-0.1, -0.05) is 23.8 Å². The highest BCUT2D eigenvalue weighted by Crippen LogP contribution is 2.31. The van der Waals surface area contributed by atoms with Crippen LogP contribution in [0.2, 0.25) is 0 Å². The molecule has 0 bridgehead atoms. The number of hydrogen-bond donors (Lipinski definition) is 1. The predicted octanol–water partition coefficient (Wildman–Crippen LogP) is 3.97. The maximum absolute atomic E-state index is 12.4. The van der Waals surface area contributed by atoms with Crippen molar-refractivity contribution in [3.05, 3.63) is 58.7 Å². The monoisotopic (exact) mass is 395 g/mol. The van der Waals surface area contributed by atoms with E-state index in [0.717, 1.165) is 27.9 Å². The number of carbonyl (C=O) groups excluding carboxylic acids is 2. The van der Waals surface area contributed by atoms with E-state index >= 15 is 0 Å². The Balaban J connectivity index is 1.59. The van der Waals surface area contributed by atoms with Gasteiger partial charge in [0.1, 0.15) is 13.2 Å². The second kappa shape index (κ2) is 8.82. The average molecular weight is 395 g/mol. The molecular weight excluding hydrogens is 370 g/mol. The van der Waals surface area contributed by atoms with Gasteiger partial charge in [0.2, 0.25) is 0 Å². The molecule has 1 heterocycles. The molecule has 0 saturated carbocycles. The molecule has 2 aromatic rings. The van der Waals surface area contributed by atoms with Crippen LogP contribution in [0.4, 0.5) is 5.69 Å². The quantitative estimate of drug-likeness (QED) is 0.613. The molecule has 3 rings (SSSR count). The first-order valence-electron chi connectivity index (χ1n) is 9.50. The Morgan fingerprint density at radius 2 is 1.69 bits per heavy atom. The summed E-state index contributed by atoms with van der Waals surface area (Å²) in [6.07, 6.45) is 1.98. The van der Waals surface area contributed by atoms with Crippen LogP contribution in [-0.4, -0.2) is 31.2 Å². The van der Waals surface area contributed by atoms with E-state index in [1.54, 1.807) is 25.1 Å². The van der Waals surface area contributed by atoms with Crippen molar-refractivity contribution >= 4 is 23.6 Å². The van der Waals surface area contributed by atoms with Gasteiger partial charge in [-0.3, -0.25) is 4.79 Å². The van der Waals surface area contributed by atoms with Gasteiger partial charge in [0.05, 0.1) is 0 Å². The molecule has 1 unspecified atom stereocenters. The number of fused-ring (bicyclic) bond motifs is 1. The van der Waals surface area contributed by atoms with E-state index in [1.165, 1.54) is 6.08 Å². The van der Waals surface area contributed by atoms with Crippen molar-refractivity contribution in [2.75, 3.05) is 18.5 Å². The van der Waals surface area contributed by atoms with Crippen molar-refractivity contribution in [3.8, 4) is 11.5 Å². The number of carbonyl (C=O) groups is 2. The van der Waals surface area contributed by atoms with E-state index in [9.17, 15) is 9.59 Å². The van der Waals surface area contributed by atoms with Crippen LogP contribution >= 0.6 is 0 Å². The molecule has 6 heteroatoms. The number of rotatable bonds is 5. The summed E-state index contributed by atoms with van der Waals surface area (Å²) in [5.41, 5.74) is 4.58. The zero-order valence-corrected chi connectivity index (χ0v) is 17.1. The highest BCUT2D eigenvalue weighted by molar-refractivity contribution is 5.97. The molecule has 1 aliphatic heterocycles. The first-order chi connectivity index (χ1) is 13.8. The third kappa shape index (κ3) is 5.16. The summed E-state index contributed by atoms with van der Waals surface area (Å²) in [5, 5.41) is 2.85. The van der Waals surface area contributed by atoms with Crippen LogP contribution in [0.5, 0.6) is 11.5 Å². The fraction of sp³-hybridized carbons (Fsp3) is 0.304. The van der Waals surface area contributed by atoms with Gasteiger partial charge >= 0.3 is 5.97 Å². The third-order valence-corrected chi connectivity index (χ3v) is 4.57. The summed E-state index contributed by atoms with van der Waals surface area (Å²) in [7, 11) is 0. The molecule has 1 aliphatic rings. The van der Waals surface area contributed by atoms with Crippen LogP contribution in [0.3, 0.4) is 0 Å².